The van der Waals surface area contributed by atoms with Crippen LogP contribution in [0.5, 0.6) is 0 Å². The van der Waals surface area contributed by atoms with Gasteiger partial charge in [0, 0.05) is 30.4 Å². The molecule has 2 aromatic heterocycles. The van der Waals surface area contributed by atoms with Gasteiger partial charge in [-0.3, -0.25) is 9.97 Å². The van der Waals surface area contributed by atoms with Crippen molar-refractivity contribution in [2.24, 2.45) is 0 Å². The van der Waals surface area contributed by atoms with Gasteiger partial charge in [0.1, 0.15) is 6.07 Å². The van der Waals surface area contributed by atoms with Gasteiger partial charge in [-0.15, -0.1) is 0 Å². The fourth-order valence-corrected chi connectivity index (χ4v) is 6.38. The molecule has 212 valence electrons. The van der Waals surface area contributed by atoms with Crippen LogP contribution < -0.4 is 0 Å². The van der Waals surface area contributed by atoms with Crippen LogP contribution in [0.25, 0.3) is 81.7 Å². The van der Waals surface area contributed by atoms with Crippen LogP contribution >= 0.6 is 0 Å². The molecule has 0 unspecified atom stereocenters. The van der Waals surface area contributed by atoms with Crippen LogP contribution in [0.1, 0.15) is 5.56 Å². The molecule has 4 nitrogen and oxygen atoms in total. The lowest BCUT2D eigenvalue weighted by Gasteiger charge is -2.14. The summed E-state index contributed by atoms with van der Waals surface area (Å²) in [7, 11) is 0. The Morgan fingerprint density at radius 3 is 1.46 bits per heavy atom. The van der Waals surface area contributed by atoms with Crippen molar-refractivity contribution in [3.63, 3.8) is 0 Å². The van der Waals surface area contributed by atoms with Crippen molar-refractivity contribution >= 4 is 38.0 Å². The molecule has 46 heavy (non-hydrogen) atoms. The molecule has 0 bridgehead atoms. The summed E-state index contributed by atoms with van der Waals surface area (Å²) in [5.74, 6) is 0. The Balaban J connectivity index is 1.30. The van der Waals surface area contributed by atoms with Gasteiger partial charge in [-0.05, 0) is 108 Å². The fraction of sp³-hybridized carbons (Fsp3) is 0. The average Bonchev–Trinajstić information content (AvgIpc) is 3.14. The number of nitriles is 1. The van der Waals surface area contributed by atoms with Crippen LogP contribution in [-0.2, 0) is 0 Å². The van der Waals surface area contributed by atoms with E-state index in [1.807, 2.05) is 12.1 Å². The molecule has 0 spiro atoms. The van der Waals surface area contributed by atoms with E-state index in [9.17, 15) is 5.26 Å². The molecule has 0 aliphatic heterocycles. The van der Waals surface area contributed by atoms with E-state index in [2.05, 4.69) is 130 Å². The minimum absolute atomic E-state index is 0.528. The van der Waals surface area contributed by atoms with Crippen molar-refractivity contribution in [2.45, 2.75) is 0 Å². The summed E-state index contributed by atoms with van der Waals surface area (Å²) in [5, 5.41) is 16.6. The molecule has 4 heteroatoms. The number of pyridine rings is 2. The number of fused-ring (bicyclic) bond motifs is 6. The average molecular weight is 585 g/mol. The summed E-state index contributed by atoms with van der Waals surface area (Å²) in [6.45, 7) is 7.39. The zero-order valence-corrected chi connectivity index (χ0v) is 24.6. The van der Waals surface area contributed by atoms with E-state index in [1.165, 1.54) is 32.3 Å². The second kappa shape index (κ2) is 11.1. The third-order valence-corrected chi connectivity index (χ3v) is 8.62. The van der Waals surface area contributed by atoms with Crippen LogP contribution in [0.3, 0.4) is 0 Å². The van der Waals surface area contributed by atoms with Gasteiger partial charge < -0.3 is 0 Å². The van der Waals surface area contributed by atoms with Crippen LogP contribution in [-0.4, -0.2) is 9.97 Å². The number of hydrogen-bond acceptors (Lipinski definition) is 3. The van der Waals surface area contributed by atoms with E-state index in [-0.39, 0.29) is 0 Å². The van der Waals surface area contributed by atoms with Gasteiger partial charge >= 0.3 is 0 Å². The van der Waals surface area contributed by atoms with E-state index in [4.69, 9.17) is 6.57 Å². The molecule has 0 amide bonds. The smallest absolute Gasteiger partial charge is 0.205 e. The van der Waals surface area contributed by atoms with E-state index in [0.717, 1.165) is 44.5 Å². The number of benzene rings is 6. The predicted molar refractivity (Wildman–Crippen MR) is 187 cm³/mol. The van der Waals surface area contributed by atoms with Crippen molar-refractivity contribution in [1.29, 1.82) is 5.26 Å². The highest BCUT2D eigenvalue weighted by Crippen LogP contribution is 2.40. The van der Waals surface area contributed by atoms with E-state index in [0.29, 0.717) is 11.3 Å². The van der Waals surface area contributed by atoms with Gasteiger partial charge in [-0.25, -0.2) is 4.85 Å². The van der Waals surface area contributed by atoms with Gasteiger partial charge in [0.05, 0.1) is 12.1 Å². The third kappa shape index (κ3) is 4.72. The standard InChI is InChI=1S/C42H24N4/c1-44-36-19-35(25-46-26-36)31-9-5-7-29(18-31)33-13-15-40-38-11-3-2-10-37(38)39-14-12-32(20-41(39)42(40)21-33)28-6-4-8-30(17-28)34-16-27(22-43)23-45-24-34/h2-21,23-26H. The summed E-state index contributed by atoms with van der Waals surface area (Å²) in [5.41, 5.74) is 9.40. The second-order valence-electron chi connectivity index (χ2n) is 11.3. The number of rotatable bonds is 4. The molecule has 0 saturated carbocycles. The first-order valence-electron chi connectivity index (χ1n) is 15.0. The molecule has 0 radical (unpaired) electrons. The summed E-state index contributed by atoms with van der Waals surface area (Å²) < 4.78 is 0. The molecule has 0 saturated heterocycles. The van der Waals surface area contributed by atoms with Crippen molar-refractivity contribution in [2.75, 3.05) is 0 Å². The van der Waals surface area contributed by atoms with Crippen molar-refractivity contribution in [3.05, 3.63) is 163 Å². The van der Waals surface area contributed by atoms with Gasteiger partial charge in [0.25, 0.3) is 0 Å². The molecule has 8 rings (SSSR count). The lowest BCUT2D eigenvalue weighted by Crippen LogP contribution is -1.88. The Bertz CT molecular complexity index is 2390. The van der Waals surface area contributed by atoms with Crippen molar-refractivity contribution in [1.82, 2.24) is 9.97 Å². The molecule has 0 N–H and O–H groups in total. The highest BCUT2D eigenvalue weighted by molar-refractivity contribution is 6.26. The van der Waals surface area contributed by atoms with Crippen LogP contribution in [0.15, 0.2) is 146 Å². The first kappa shape index (κ1) is 27.0. The summed E-state index contributed by atoms with van der Waals surface area (Å²) in [4.78, 5) is 12.1. The number of aromatic nitrogens is 2. The summed E-state index contributed by atoms with van der Waals surface area (Å²) >= 11 is 0. The predicted octanol–water partition coefficient (Wildman–Crippen LogP) is 11.0. The molecule has 6 aromatic carbocycles. The maximum absolute atomic E-state index is 9.38. The SMILES string of the molecule is [C-]#[N+]c1cncc(-c2cccc(-c3ccc4c5ccccc5c5ccc(-c6cccc(-c7cncc(C#N)c7)c6)cc5c4c3)c2)c1. The number of hydrogen-bond donors (Lipinski definition) is 0. The molecule has 8 aromatic rings. The largest absolute Gasteiger partial charge is 0.276 e. The maximum Gasteiger partial charge on any atom is 0.205 e. The van der Waals surface area contributed by atoms with Gasteiger partial charge in [-0.1, -0.05) is 84.9 Å². The Kier molecular flexibility index (Phi) is 6.53. The van der Waals surface area contributed by atoms with Gasteiger partial charge in [0.2, 0.25) is 5.69 Å². The van der Waals surface area contributed by atoms with E-state index < -0.39 is 0 Å². The first-order valence-corrected chi connectivity index (χ1v) is 15.0. The molecule has 0 atom stereocenters. The number of nitrogens with zero attached hydrogens (tertiary/aromatic N) is 4. The summed E-state index contributed by atoms with van der Waals surface area (Å²) in [6, 6.07) is 44.9. The maximum atomic E-state index is 9.38. The van der Waals surface area contributed by atoms with Crippen LogP contribution in [0.2, 0.25) is 0 Å². The molecular weight excluding hydrogens is 560 g/mol. The molecular formula is C42H24N4. The van der Waals surface area contributed by atoms with E-state index >= 15 is 0 Å². The summed E-state index contributed by atoms with van der Waals surface area (Å²) in [6.07, 6.45) is 6.78. The quantitative estimate of drug-likeness (QED) is 0.153. The van der Waals surface area contributed by atoms with Crippen LogP contribution in [0, 0.1) is 17.9 Å². The van der Waals surface area contributed by atoms with Gasteiger partial charge in [-0.2, -0.15) is 5.26 Å². The highest BCUT2D eigenvalue weighted by atomic mass is 14.7. The minimum Gasteiger partial charge on any atom is -0.276 e. The van der Waals surface area contributed by atoms with Gasteiger partial charge in [0.15, 0.2) is 0 Å². The lowest BCUT2D eigenvalue weighted by atomic mass is 9.89. The fourth-order valence-electron chi connectivity index (χ4n) is 6.38. The first-order chi connectivity index (χ1) is 22.7. The molecule has 0 fully saturated rings. The molecule has 2 heterocycles. The van der Waals surface area contributed by atoms with Crippen LogP contribution in [0.4, 0.5) is 5.69 Å². The zero-order valence-electron chi connectivity index (χ0n) is 24.6. The normalized spacial score (nSPS) is 11.0. The van der Waals surface area contributed by atoms with Crippen molar-refractivity contribution in [3.8, 4) is 50.6 Å². The minimum atomic E-state index is 0.528. The zero-order chi connectivity index (χ0) is 31.0. The highest BCUT2D eigenvalue weighted by Gasteiger charge is 2.13. The van der Waals surface area contributed by atoms with Crippen molar-refractivity contribution < 1.29 is 0 Å². The van der Waals surface area contributed by atoms with E-state index in [1.54, 1.807) is 24.8 Å². The third-order valence-electron chi connectivity index (χ3n) is 8.62. The molecule has 0 aliphatic carbocycles. The Hall–Kier alpha value is -6.62. The Morgan fingerprint density at radius 1 is 0.435 bits per heavy atom. The topological polar surface area (TPSA) is 53.9 Å². The Morgan fingerprint density at radius 2 is 0.913 bits per heavy atom. The molecule has 0 aliphatic rings. The monoisotopic (exact) mass is 584 g/mol. The Labute approximate surface area is 266 Å². The lowest BCUT2D eigenvalue weighted by molar-refractivity contribution is 1.30. The second-order valence-corrected chi connectivity index (χ2v) is 11.3.